The number of phenolic OH excluding ortho intramolecular Hbond substituents is 2. The van der Waals surface area contributed by atoms with Gasteiger partial charge in [0.05, 0.1) is 17.5 Å². The van der Waals surface area contributed by atoms with Crippen LogP contribution >= 0.6 is 0 Å². The van der Waals surface area contributed by atoms with E-state index in [0.29, 0.717) is 34.0 Å². The minimum Gasteiger partial charge on any atom is -0.504 e. The number of fused-ring (bicyclic) bond motifs is 5. The van der Waals surface area contributed by atoms with Gasteiger partial charge in [0.1, 0.15) is 5.54 Å². The van der Waals surface area contributed by atoms with Crippen molar-refractivity contribution < 1.29 is 34.1 Å². The normalized spacial score (nSPS) is 26.3. The van der Waals surface area contributed by atoms with Crippen LogP contribution in [-0.4, -0.2) is 40.8 Å². The maximum absolute atomic E-state index is 14.2. The van der Waals surface area contributed by atoms with Crippen LogP contribution in [0.2, 0.25) is 0 Å². The predicted molar refractivity (Wildman–Crippen MR) is 139 cm³/mol. The molecular weight excluding hydrogens is 502 g/mol. The fourth-order valence-corrected chi connectivity index (χ4v) is 6.47. The van der Waals surface area contributed by atoms with Gasteiger partial charge >= 0.3 is 0 Å². The number of hydrogen-bond acceptors (Lipinski definition) is 8. The quantitative estimate of drug-likeness (QED) is 0.300. The molecule has 4 N–H and O–H groups in total. The zero-order valence-corrected chi connectivity index (χ0v) is 20.9. The Morgan fingerprint density at radius 1 is 0.923 bits per heavy atom. The van der Waals surface area contributed by atoms with Gasteiger partial charge in [-0.1, -0.05) is 25.1 Å². The first kappa shape index (κ1) is 23.5. The molecule has 3 aromatic carbocycles. The van der Waals surface area contributed by atoms with Gasteiger partial charge in [-0.25, -0.2) is 4.90 Å². The molecule has 0 radical (unpaired) electrons. The van der Waals surface area contributed by atoms with E-state index in [-0.39, 0.29) is 30.6 Å². The van der Waals surface area contributed by atoms with E-state index in [1.165, 1.54) is 12.1 Å². The number of aryl methyl sites for hydroxylation is 1. The fourth-order valence-electron chi connectivity index (χ4n) is 6.47. The van der Waals surface area contributed by atoms with E-state index in [4.69, 9.17) is 9.47 Å². The third kappa shape index (κ3) is 3.21. The van der Waals surface area contributed by atoms with Crippen molar-refractivity contribution in [2.45, 2.75) is 31.3 Å². The molecule has 0 aliphatic carbocycles. The smallest absolute Gasteiger partial charge is 0.250 e. The fraction of sp³-hybridized carbons (Fsp3) is 0.276. The number of anilines is 2. The highest BCUT2D eigenvalue weighted by molar-refractivity contribution is 6.26. The lowest BCUT2D eigenvalue weighted by molar-refractivity contribution is -0.130. The number of aromatic hydroxyl groups is 2. The van der Waals surface area contributed by atoms with Crippen molar-refractivity contribution >= 4 is 29.1 Å². The zero-order chi connectivity index (χ0) is 27.1. The van der Waals surface area contributed by atoms with Crippen molar-refractivity contribution in [3.05, 3.63) is 71.3 Å². The number of carbonyl (C=O) groups excluding carboxylic acids is 3. The molecule has 2 fully saturated rings. The Morgan fingerprint density at radius 3 is 2.51 bits per heavy atom. The van der Waals surface area contributed by atoms with Crippen LogP contribution in [0.3, 0.4) is 0 Å². The summed E-state index contributed by atoms with van der Waals surface area (Å²) in [7, 11) is 0. The Kier molecular flexibility index (Phi) is 4.96. The number of carbonyl (C=O) groups is 3. The first-order valence-electron chi connectivity index (χ1n) is 12.8. The molecule has 0 unspecified atom stereocenters. The van der Waals surface area contributed by atoms with Gasteiger partial charge < -0.3 is 25.0 Å². The number of nitrogens with one attached hydrogen (secondary N) is 2. The summed E-state index contributed by atoms with van der Waals surface area (Å²) in [4.78, 5) is 43.2. The highest BCUT2D eigenvalue weighted by Gasteiger charge is 2.70. The molecule has 0 aromatic heterocycles. The van der Waals surface area contributed by atoms with Crippen LogP contribution in [0.15, 0.2) is 54.6 Å². The molecular formula is C29H25N3O7. The second-order valence-corrected chi connectivity index (χ2v) is 10.3. The average molecular weight is 528 g/mol. The summed E-state index contributed by atoms with van der Waals surface area (Å²) in [5, 5.41) is 26.2. The van der Waals surface area contributed by atoms with Crippen molar-refractivity contribution in [1.82, 2.24) is 5.32 Å². The van der Waals surface area contributed by atoms with Gasteiger partial charge in [-0.3, -0.25) is 19.7 Å². The second kappa shape index (κ2) is 8.21. The lowest BCUT2D eigenvalue weighted by atomic mass is 9.76. The Labute approximate surface area is 223 Å². The van der Waals surface area contributed by atoms with Gasteiger partial charge in [-0.2, -0.15) is 0 Å². The highest BCUT2D eigenvalue weighted by atomic mass is 16.7. The van der Waals surface area contributed by atoms with Gasteiger partial charge in [-0.15, -0.1) is 0 Å². The highest BCUT2D eigenvalue weighted by Crippen LogP contribution is 2.54. The molecule has 198 valence electrons. The van der Waals surface area contributed by atoms with Gasteiger partial charge in [0.2, 0.25) is 24.5 Å². The van der Waals surface area contributed by atoms with Crippen LogP contribution < -0.4 is 25.0 Å². The predicted octanol–water partition coefficient (Wildman–Crippen LogP) is 2.56. The summed E-state index contributed by atoms with van der Waals surface area (Å²) in [6.07, 6.45) is 0.971. The lowest BCUT2D eigenvalue weighted by Crippen LogP contribution is -2.53. The molecule has 7 rings (SSSR count). The molecule has 0 saturated carbocycles. The van der Waals surface area contributed by atoms with Crippen LogP contribution in [0.5, 0.6) is 23.0 Å². The molecule has 3 aromatic rings. The maximum Gasteiger partial charge on any atom is 0.250 e. The summed E-state index contributed by atoms with van der Waals surface area (Å²) < 4.78 is 10.9. The number of ether oxygens (including phenoxy) is 2. The molecule has 2 saturated heterocycles. The third-order valence-electron chi connectivity index (χ3n) is 8.30. The van der Waals surface area contributed by atoms with Crippen LogP contribution in [0.1, 0.15) is 23.6 Å². The van der Waals surface area contributed by atoms with Crippen molar-refractivity contribution in [1.29, 1.82) is 0 Å². The molecule has 3 amide bonds. The van der Waals surface area contributed by atoms with E-state index in [1.807, 2.05) is 25.1 Å². The van der Waals surface area contributed by atoms with Gasteiger partial charge in [0.25, 0.3) is 0 Å². The van der Waals surface area contributed by atoms with Crippen LogP contribution in [0.4, 0.5) is 11.4 Å². The SMILES string of the molecule is CCc1ccc2c(c1)[C@]1(N[C@H](Cc3ccc(O)c(O)c3)[C@H]3C(=O)N(c4ccc5c(c4)OCO5)C(=O)[C@H]31)C(=O)N2. The molecule has 39 heavy (non-hydrogen) atoms. The van der Waals surface area contributed by atoms with E-state index in [1.54, 1.807) is 24.3 Å². The van der Waals surface area contributed by atoms with Gasteiger partial charge in [-0.05, 0) is 54.3 Å². The summed E-state index contributed by atoms with van der Waals surface area (Å²) >= 11 is 0. The summed E-state index contributed by atoms with van der Waals surface area (Å²) in [5.41, 5.74) is 1.79. The van der Waals surface area contributed by atoms with Gasteiger partial charge in [0.15, 0.2) is 23.0 Å². The topological polar surface area (TPSA) is 137 Å². The molecule has 4 heterocycles. The largest absolute Gasteiger partial charge is 0.504 e. The van der Waals surface area contributed by atoms with Crippen molar-refractivity contribution in [2.75, 3.05) is 17.0 Å². The first-order valence-corrected chi connectivity index (χ1v) is 12.8. The minimum absolute atomic E-state index is 0.0528. The Morgan fingerprint density at radius 2 is 1.72 bits per heavy atom. The number of benzene rings is 3. The first-order chi connectivity index (χ1) is 18.8. The van der Waals surface area contributed by atoms with Gasteiger partial charge in [0, 0.05) is 23.4 Å². The Bertz CT molecular complexity index is 1590. The molecule has 1 spiro atoms. The Hall–Kier alpha value is -4.57. The monoisotopic (exact) mass is 527 g/mol. The minimum atomic E-state index is -1.45. The number of amides is 3. The summed E-state index contributed by atoms with van der Waals surface area (Å²) in [6.45, 7) is 2.06. The molecule has 4 atom stereocenters. The van der Waals surface area contributed by atoms with Crippen LogP contribution in [-0.2, 0) is 32.8 Å². The molecule has 4 aliphatic rings. The number of phenols is 2. The second-order valence-electron chi connectivity index (χ2n) is 10.3. The van der Waals surface area contributed by atoms with Crippen molar-refractivity contribution in [2.24, 2.45) is 11.8 Å². The van der Waals surface area contributed by atoms with Crippen LogP contribution in [0, 0.1) is 11.8 Å². The zero-order valence-electron chi connectivity index (χ0n) is 20.9. The maximum atomic E-state index is 14.2. The molecule has 0 bridgehead atoms. The average Bonchev–Trinajstić information content (AvgIpc) is 3.65. The van der Waals surface area contributed by atoms with E-state index >= 15 is 0 Å². The van der Waals surface area contributed by atoms with E-state index in [9.17, 15) is 24.6 Å². The number of nitrogens with zero attached hydrogens (tertiary/aromatic N) is 1. The Balaban J connectivity index is 1.36. The van der Waals surface area contributed by atoms with E-state index in [2.05, 4.69) is 10.6 Å². The molecule has 10 heteroatoms. The molecule has 4 aliphatic heterocycles. The van der Waals surface area contributed by atoms with E-state index in [0.717, 1.165) is 16.9 Å². The third-order valence-corrected chi connectivity index (χ3v) is 8.30. The van der Waals surface area contributed by atoms with Crippen molar-refractivity contribution in [3.8, 4) is 23.0 Å². The van der Waals surface area contributed by atoms with E-state index < -0.39 is 35.2 Å². The molecule has 10 nitrogen and oxygen atoms in total. The number of hydrogen-bond donors (Lipinski definition) is 4. The number of imide groups is 1. The summed E-state index contributed by atoms with van der Waals surface area (Å²) in [5.74, 6) is -2.73. The van der Waals surface area contributed by atoms with Crippen LogP contribution in [0.25, 0.3) is 0 Å². The number of rotatable bonds is 4. The van der Waals surface area contributed by atoms with Crippen molar-refractivity contribution in [3.63, 3.8) is 0 Å². The standard InChI is InChI=1S/C29H25N3O7/c1-2-14-3-6-18-17(9-14)29(28(37)30-18)25-24(19(31-29)10-15-4-7-20(33)21(34)11-15)26(35)32(27(25)36)16-5-8-22-23(12-16)39-13-38-22/h3-9,11-12,19,24-25,31,33-34H,2,10,13H2,1H3,(H,30,37)/t19-,24-,25+,29-/m1/s1. The summed E-state index contributed by atoms with van der Waals surface area (Å²) in [6, 6.07) is 14.4. The lowest BCUT2D eigenvalue weighted by Gasteiger charge is -2.30.